The van der Waals surface area contributed by atoms with Crippen molar-refractivity contribution in [2.75, 3.05) is 5.48 Å². The highest BCUT2D eigenvalue weighted by molar-refractivity contribution is 6.11. The highest BCUT2D eigenvalue weighted by atomic mass is 16.5. The molecule has 0 atom stereocenters. The summed E-state index contributed by atoms with van der Waals surface area (Å²) in [7, 11) is 0. The van der Waals surface area contributed by atoms with E-state index in [1.165, 1.54) is 0 Å². The van der Waals surface area contributed by atoms with E-state index in [9.17, 15) is 10.3 Å². The average Bonchev–Trinajstić information content (AvgIpc) is 2.75. The maximum absolute atomic E-state index is 9.53. The first-order chi connectivity index (χ1) is 8.72. The summed E-state index contributed by atoms with van der Waals surface area (Å²) in [4.78, 5) is 11.7. The van der Waals surface area contributed by atoms with Gasteiger partial charge in [-0.2, -0.15) is 0 Å². The van der Waals surface area contributed by atoms with Crippen LogP contribution in [0.15, 0.2) is 18.2 Å². The maximum atomic E-state index is 9.53. The number of phenols is 1. The fraction of sp³-hybridized carbons (Fsp3) is 0.167. The molecule has 6 heteroatoms. The van der Waals surface area contributed by atoms with Crippen LogP contribution in [0.25, 0.3) is 21.9 Å². The predicted molar refractivity (Wildman–Crippen MR) is 67.8 cm³/mol. The Morgan fingerprint density at radius 1 is 1.33 bits per heavy atom. The molecular weight excluding hydrogens is 232 g/mol. The lowest BCUT2D eigenvalue weighted by Crippen LogP contribution is -2.00. The highest BCUT2D eigenvalue weighted by Crippen LogP contribution is 2.31. The van der Waals surface area contributed by atoms with Crippen LogP contribution < -0.4 is 5.48 Å². The topological polar surface area (TPSA) is 94.1 Å². The number of aromatic hydroxyl groups is 1. The summed E-state index contributed by atoms with van der Waals surface area (Å²) in [6.45, 7) is 1.94. The van der Waals surface area contributed by atoms with Gasteiger partial charge >= 0.3 is 0 Å². The number of H-pyrrole nitrogens is 1. The lowest BCUT2D eigenvalue weighted by atomic mass is 10.2. The summed E-state index contributed by atoms with van der Waals surface area (Å²) in [5, 5.41) is 20.2. The fourth-order valence-corrected chi connectivity index (χ4v) is 2.07. The van der Waals surface area contributed by atoms with Crippen LogP contribution in [0.1, 0.15) is 12.7 Å². The number of benzene rings is 1. The molecule has 2 heterocycles. The molecule has 0 aliphatic rings. The second-order valence-corrected chi connectivity index (χ2v) is 4.03. The number of fused-ring (bicyclic) bond motifs is 3. The zero-order valence-corrected chi connectivity index (χ0v) is 9.73. The van der Waals surface area contributed by atoms with E-state index in [1.54, 1.807) is 18.2 Å². The van der Waals surface area contributed by atoms with Crippen LogP contribution in [0.3, 0.4) is 0 Å². The van der Waals surface area contributed by atoms with Gasteiger partial charge in [0.1, 0.15) is 17.2 Å². The van der Waals surface area contributed by atoms with Gasteiger partial charge < -0.3 is 10.1 Å². The number of aryl methyl sites for hydroxylation is 1. The van der Waals surface area contributed by atoms with E-state index in [-0.39, 0.29) is 5.75 Å². The van der Waals surface area contributed by atoms with Crippen molar-refractivity contribution in [3.05, 3.63) is 24.0 Å². The van der Waals surface area contributed by atoms with Gasteiger partial charge in [0, 0.05) is 17.3 Å². The molecule has 0 radical (unpaired) electrons. The van der Waals surface area contributed by atoms with Crippen LogP contribution >= 0.6 is 0 Å². The zero-order valence-electron chi connectivity index (χ0n) is 9.73. The molecular formula is C12H12N4O2. The second-order valence-electron chi connectivity index (χ2n) is 4.03. The van der Waals surface area contributed by atoms with Gasteiger partial charge in [0.2, 0.25) is 0 Å². The lowest BCUT2D eigenvalue weighted by Gasteiger charge is -2.03. The monoisotopic (exact) mass is 244 g/mol. The Morgan fingerprint density at radius 3 is 2.89 bits per heavy atom. The lowest BCUT2D eigenvalue weighted by molar-refractivity contribution is 0.386. The van der Waals surface area contributed by atoms with Gasteiger partial charge in [0.15, 0.2) is 5.82 Å². The van der Waals surface area contributed by atoms with Crippen LogP contribution in [0.5, 0.6) is 5.75 Å². The molecule has 0 fully saturated rings. The Morgan fingerprint density at radius 2 is 2.17 bits per heavy atom. The van der Waals surface area contributed by atoms with E-state index < -0.39 is 0 Å². The molecule has 3 aromatic rings. The molecule has 6 nitrogen and oxygen atoms in total. The molecule has 0 aliphatic carbocycles. The molecule has 0 saturated carbocycles. The molecule has 4 N–H and O–H groups in total. The molecule has 0 unspecified atom stereocenters. The SMILES string of the molecule is CCc1nc(NO)c2c(n1)[nH]c1ccc(O)cc12. The number of hydrogen-bond donors (Lipinski definition) is 4. The minimum atomic E-state index is 0.159. The first-order valence-corrected chi connectivity index (χ1v) is 5.64. The van der Waals surface area contributed by atoms with Crippen LogP contribution in [-0.4, -0.2) is 25.3 Å². The van der Waals surface area contributed by atoms with Crippen molar-refractivity contribution < 1.29 is 10.3 Å². The second kappa shape index (κ2) is 3.85. The van der Waals surface area contributed by atoms with E-state index in [2.05, 4.69) is 20.4 Å². The standard InChI is InChI=1S/C12H12N4O2/c1-2-9-14-11-10(12(15-9)16-18)7-5-6(17)3-4-8(7)13-11/h3-5,17-18H,2H2,1H3,(H2,13,14,15,16). The van der Waals surface area contributed by atoms with Gasteiger partial charge in [-0.15, -0.1) is 0 Å². The van der Waals surface area contributed by atoms with Crippen molar-refractivity contribution in [1.82, 2.24) is 15.0 Å². The van der Waals surface area contributed by atoms with Crippen molar-refractivity contribution in [2.24, 2.45) is 0 Å². The molecule has 1 aromatic carbocycles. The Kier molecular flexibility index (Phi) is 2.31. The number of hydrogen-bond acceptors (Lipinski definition) is 5. The third-order valence-corrected chi connectivity index (χ3v) is 2.90. The summed E-state index contributed by atoms with van der Waals surface area (Å²) >= 11 is 0. The molecule has 92 valence electrons. The zero-order chi connectivity index (χ0) is 12.7. The Labute approximate surface area is 102 Å². The molecule has 2 aromatic heterocycles. The molecule has 3 rings (SSSR count). The van der Waals surface area contributed by atoms with Crippen LogP contribution in [0.4, 0.5) is 5.82 Å². The van der Waals surface area contributed by atoms with E-state index in [4.69, 9.17) is 0 Å². The van der Waals surface area contributed by atoms with Gasteiger partial charge in [-0.3, -0.25) is 10.7 Å². The average molecular weight is 244 g/mol. The van der Waals surface area contributed by atoms with Crippen molar-refractivity contribution in [3.63, 3.8) is 0 Å². The maximum Gasteiger partial charge on any atom is 0.163 e. The summed E-state index contributed by atoms with van der Waals surface area (Å²) in [5.74, 6) is 1.13. The predicted octanol–water partition coefficient (Wildman–Crippen LogP) is 2.18. The molecule has 0 amide bonds. The van der Waals surface area contributed by atoms with Gasteiger partial charge in [-0.05, 0) is 18.2 Å². The Balaban J connectivity index is 2.47. The van der Waals surface area contributed by atoms with Crippen LogP contribution in [0.2, 0.25) is 0 Å². The number of rotatable bonds is 2. The normalized spacial score (nSPS) is 11.2. The fourth-order valence-electron chi connectivity index (χ4n) is 2.07. The van der Waals surface area contributed by atoms with Crippen LogP contribution in [0, 0.1) is 0 Å². The number of aromatic nitrogens is 3. The van der Waals surface area contributed by atoms with Gasteiger partial charge in [0.25, 0.3) is 0 Å². The highest BCUT2D eigenvalue weighted by Gasteiger charge is 2.13. The quantitative estimate of drug-likeness (QED) is 0.518. The Bertz CT molecular complexity index is 736. The number of phenolic OH excluding ortho intramolecular Hbond substituents is 1. The molecule has 0 aliphatic heterocycles. The first-order valence-electron chi connectivity index (χ1n) is 5.64. The van der Waals surface area contributed by atoms with Crippen LogP contribution in [-0.2, 0) is 6.42 Å². The molecule has 18 heavy (non-hydrogen) atoms. The minimum Gasteiger partial charge on any atom is -0.508 e. The summed E-state index contributed by atoms with van der Waals surface area (Å²) < 4.78 is 0. The van der Waals surface area contributed by atoms with Crippen molar-refractivity contribution >= 4 is 27.8 Å². The summed E-state index contributed by atoms with van der Waals surface area (Å²) in [6.07, 6.45) is 0.672. The third-order valence-electron chi connectivity index (χ3n) is 2.90. The van der Waals surface area contributed by atoms with Gasteiger partial charge in [-0.25, -0.2) is 9.97 Å². The van der Waals surface area contributed by atoms with E-state index in [0.717, 1.165) is 10.9 Å². The Hall–Kier alpha value is -2.34. The minimum absolute atomic E-state index is 0.159. The molecule has 0 bridgehead atoms. The molecule has 0 spiro atoms. The third kappa shape index (κ3) is 1.46. The molecule has 0 saturated heterocycles. The van der Waals surface area contributed by atoms with E-state index >= 15 is 0 Å². The number of nitrogens with zero attached hydrogens (tertiary/aromatic N) is 2. The number of nitrogens with one attached hydrogen (secondary N) is 2. The van der Waals surface area contributed by atoms with E-state index in [0.29, 0.717) is 29.1 Å². The summed E-state index contributed by atoms with van der Waals surface area (Å²) in [6, 6.07) is 4.97. The summed E-state index contributed by atoms with van der Waals surface area (Å²) in [5.41, 5.74) is 3.56. The number of aromatic amines is 1. The van der Waals surface area contributed by atoms with Crippen molar-refractivity contribution in [2.45, 2.75) is 13.3 Å². The van der Waals surface area contributed by atoms with Gasteiger partial charge in [-0.1, -0.05) is 6.92 Å². The van der Waals surface area contributed by atoms with Crippen molar-refractivity contribution in [1.29, 1.82) is 0 Å². The van der Waals surface area contributed by atoms with Gasteiger partial charge in [0.05, 0.1) is 5.39 Å². The van der Waals surface area contributed by atoms with E-state index in [1.807, 2.05) is 6.92 Å². The van der Waals surface area contributed by atoms with Crippen molar-refractivity contribution in [3.8, 4) is 5.75 Å². The largest absolute Gasteiger partial charge is 0.508 e. The smallest absolute Gasteiger partial charge is 0.163 e. The number of anilines is 1. The first kappa shape index (κ1) is 10.8.